The minimum absolute atomic E-state index is 0.192. The van der Waals surface area contributed by atoms with Crippen molar-refractivity contribution in [2.45, 2.75) is 44.1 Å². The fraction of sp³-hybridized carbons (Fsp3) is 0.471. The molecule has 0 unspecified atom stereocenters. The van der Waals surface area contributed by atoms with Crippen LogP contribution >= 0.6 is 23.4 Å². The normalized spacial score (nSPS) is 12.8. The lowest BCUT2D eigenvalue weighted by atomic mass is 10.2. The molecule has 9 heteroatoms. The molecular weight excluding hydrogens is 376 g/mol. The quantitative estimate of drug-likeness (QED) is 0.689. The van der Waals surface area contributed by atoms with Crippen LogP contribution in [0.2, 0.25) is 5.02 Å². The lowest BCUT2D eigenvalue weighted by Crippen LogP contribution is -2.15. The summed E-state index contributed by atoms with van der Waals surface area (Å²) < 4.78 is 12.8. The van der Waals surface area contributed by atoms with E-state index in [0.717, 1.165) is 23.1 Å². The number of aromatic nitrogens is 3. The van der Waals surface area contributed by atoms with E-state index in [2.05, 4.69) is 28.6 Å². The maximum Gasteiger partial charge on any atom is 0.231 e. The van der Waals surface area contributed by atoms with Crippen molar-refractivity contribution in [1.82, 2.24) is 14.8 Å². The number of hydrogen-bond donors (Lipinski definition) is 1. The SMILES string of the molecule is CC(C)Cn1c(CCC(N)=O)nnc1SCc1cc(Cl)c2c(c1)OCO2. The minimum atomic E-state index is -0.340. The third kappa shape index (κ3) is 4.42. The number of amides is 1. The molecule has 2 N–H and O–H groups in total. The lowest BCUT2D eigenvalue weighted by molar-refractivity contribution is -0.118. The number of thioether (sulfide) groups is 1. The second-order valence-corrected chi connectivity index (χ2v) is 7.82. The van der Waals surface area contributed by atoms with E-state index in [0.29, 0.717) is 34.6 Å². The Morgan fingerprint density at radius 1 is 1.38 bits per heavy atom. The van der Waals surface area contributed by atoms with E-state index in [4.69, 9.17) is 26.8 Å². The second-order valence-electron chi connectivity index (χ2n) is 6.47. The van der Waals surface area contributed by atoms with Gasteiger partial charge in [-0.25, -0.2) is 0 Å². The standard InChI is InChI=1S/C17H21ClN4O3S/c1-10(2)7-22-15(4-3-14(19)23)20-21-17(22)26-8-11-5-12(18)16-13(6-11)24-9-25-16/h5-6,10H,3-4,7-9H2,1-2H3,(H2,19,23). The van der Waals surface area contributed by atoms with Crippen LogP contribution in [0.4, 0.5) is 0 Å². The molecule has 0 aliphatic carbocycles. The van der Waals surface area contributed by atoms with Gasteiger partial charge in [0.25, 0.3) is 0 Å². The number of halogens is 1. The third-order valence-electron chi connectivity index (χ3n) is 3.79. The predicted molar refractivity (Wildman–Crippen MR) is 99.5 cm³/mol. The van der Waals surface area contributed by atoms with Crippen molar-refractivity contribution in [2.75, 3.05) is 6.79 Å². The Balaban J connectivity index is 1.74. The summed E-state index contributed by atoms with van der Waals surface area (Å²) in [5.74, 6) is 2.80. The number of carbonyl (C=O) groups excluding carboxylic acids is 1. The number of fused-ring (bicyclic) bond motifs is 1. The van der Waals surface area contributed by atoms with Gasteiger partial charge in [0.15, 0.2) is 16.7 Å². The Kier molecular flexibility index (Phi) is 5.93. The van der Waals surface area contributed by atoms with E-state index in [9.17, 15) is 4.79 Å². The molecule has 1 aromatic carbocycles. The van der Waals surface area contributed by atoms with Gasteiger partial charge in [0.2, 0.25) is 12.7 Å². The molecule has 0 saturated heterocycles. The maximum atomic E-state index is 11.1. The highest BCUT2D eigenvalue weighted by Crippen LogP contribution is 2.40. The lowest BCUT2D eigenvalue weighted by Gasteiger charge is -2.12. The molecule has 2 aromatic rings. The van der Waals surface area contributed by atoms with Crippen LogP contribution in [0.5, 0.6) is 11.5 Å². The molecule has 140 valence electrons. The van der Waals surface area contributed by atoms with Crippen molar-refractivity contribution in [2.24, 2.45) is 11.7 Å². The summed E-state index contributed by atoms with van der Waals surface area (Å²) in [5, 5.41) is 9.89. The minimum Gasteiger partial charge on any atom is -0.454 e. The summed E-state index contributed by atoms with van der Waals surface area (Å²) in [6.07, 6.45) is 0.754. The zero-order chi connectivity index (χ0) is 18.7. The molecule has 2 heterocycles. The van der Waals surface area contributed by atoms with Gasteiger partial charge < -0.3 is 19.8 Å². The number of ether oxygens (including phenoxy) is 2. The molecule has 1 amide bonds. The Bertz CT molecular complexity index is 810. The Morgan fingerprint density at radius 2 is 2.19 bits per heavy atom. The van der Waals surface area contributed by atoms with Crippen molar-refractivity contribution in [3.05, 3.63) is 28.5 Å². The summed E-state index contributed by atoms with van der Waals surface area (Å²) in [6, 6.07) is 3.80. The molecule has 0 atom stereocenters. The van der Waals surface area contributed by atoms with Crippen molar-refractivity contribution in [3.63, 3.8) is 0 Å². The van der Waals surface area contributed by atoms with Gasteiger partial charge in [-0.15, -0.1) is 10.2 Å². The van der Waals surface area contributed by atoms with E-state index in [1.807, 2.05) is 12.1 Å². The summed E-state index contributed by atoms with van der Waals surface area (Å²) in [4.78, 5) is 11.1. The summed E-state index contributed by atoms with van der Waals surface area (Å²) >= 11 is 7.81. The number of rotatable bonds is 8. The number of nitrogens with two attached hydrogens (primary N) is 1. The molecule has 0 spiro atoms. The van der Waals surface area contributed by atoms with Crippen LogP contribution in [0.1, 0.15) is 31.7 Å². The van der Waals surface area contributed by atoms with Gasteiger partial charge in [-0.1, -0.05) is 37.2 Å². The predicted octanol–water partition coefficient (Wildman–Crippen LogP) is 3.03. The van der Waals surface area contributed by atoms with Gasteiger partial charge in [0.05, 0.1) is 5.02 Å². The van der Waals surface area contributed by atoms with Gasteiger partial charge >= 0.3 is 0 Å². The molecule has 0 fully saturated rings. The van der Waals surface area contributed by atoms with Crippen LogP contribution in [0.25, 0.3) is 0 Å². The third-order valence-corrected chi connectivity index (χ3v) is 5.11. The number of hydrogen-bond acceptors (Lipinski definition) is 6. The highest BCUT2D eigenvalue weighted by Gasteiger charge is 2.19. The number of carbonyl (C=O) groups is 1. The zero-order valence-corrected chi connectivity index (χ0v) is 16.3. The number of aryl methyl sites for hydroxylation is 1. The first-order valence-corrected chi connectivity index (χ1v) is 9.71. The molecular formula is C17H21ClN4O3S. The van der Waals surface area contributed by atoms with E-state index in [-0.39, 0.29) is 19.1 Å². The van der Waals surface area contributed by atoms with E-state index < -0.39 is 0 Å². The fourth-order valence-electron chi connectivity index (χ4n) is 2.65. The molecule has 1 aliphatic heterocycles. The summed E-state index contributed by atoms with van der Waals surface area (Å²) in [6.45, 7) is 5.23. The van der Waals surface area contributed by atoms with Crippen molar-refractivity contribution >= 4 is 29.3 Å². The maximum absolute atomic E-state index is 11.1. The largest absolute Gasteiger partial charge is 0.454 e. The molecule has 0 radical (unpaired) electrons. The Hall–Kier alpha value is -1.93. The van der Waals surface area contributed by atoms with Gasteiger partial charge in [-0.2, -0.15) is 0 Å². The highest BCUT2D eigenvalue weighted by atomic mass is 35.5. The molecule has 0 bridgehead atoms. The van der Waals surface area contributed by atoms with E-state index >= 15 is 0 Å². The summed E-state index contributed by atoms with van der Waals surface area (Å²) in [7, 11) is 0. The van der Waals surface area contributed by atoms with Gasteiger partial charge in [-0.3, -0.25) is 4.79 Å². The number of benzene rings is 1. The van der Waals surface area contributed by atoms with Gasteiger partial charge in [0.1, 0.15) is 5.82 Å². The fourth-order valence-corrected chi connectivity index (χ4v) is 3.83. The summed E-state index contributed by atoms with van der Waals surface area (Å²) in [5.41, 5.74) is 6.27. The monoisotopic (exact) mass is 396 g/mol. The molecule has 3 rings (SSSR count). The molecule has 26 heavy (non-hydrogen) atoms. The topological polar surface area (TPSA) is 92.3 Å². The van der Waals surface area contributed by atoms with Crippen LogP contribution in [0.15, 0.2) is 17.3 Å². The van der Waals surface area contributed by atoms with E-state index in [1.54, 1.807) is 11.8 Å². The van der Waals surface area contributed by atoms with Crippen LogP contribution in [-0.4, -0.2) is 27.5 Å². The number of nitrogens with zero attached hydrogens (tertiary/aromatic N) is 3. The first-order valence-electron chi connectivity index (χ1n) is 8.35. The van der Waals surface area contributed by atoms with Gasteiger partial charge in [0, 0.05) is 25.1 Å². The second kappa shape index (κ2) is 8.18. The average Bonchev–Trinajstić information content (AvgIpc) is 3.18. The smallest absolute Gasteiger partial charge is 0.231 e. The average molecular weight is 397 g/mol. The molecule has 0 saturated carbocycles. The molecule has 1 aliphatic rings. The van der Waals surface area contributed by atoms with Crippen LogP contribution in [0, 0.1) is 5.92 Å². The van der Waals surface area contributed by atoms with E-state index in [1.165, 1.54) is 0 Å². The Morgan fingerprint density at radius 3 is 2.92 bits per heavy atom. The zero-order valence-electron chi connectivity index (χ0n) is 14.7. The van der Waals surface area contributed by atoms with Crippen LogP contribution in [0.3, 0.4) is 0 Å². The highest BCUT2D eigenvalue weighted by molar-refractivity contribution is 7.98. The first-order chi connectivity index (χ1) is 12.4. The molecule has 1 aromatic heterocycles. The van der Waals surface area contributed by atoms with Crippen molar-refractivity contribution in [3.8, 4) is 11.5 Å². The van der Waals surface area contributed by atoms with Crippen LogP contribution < -0.4 is 15.2 Å². The van der Waals surface area contributed by atoms with Crippen molar-refractivity contribution < 1.29 is 14.3 Å². The first kappa shape index (κ1) is 18.8. The van der Waals surface area contributed by atoms with Gasteiger partial charge in [-0.05, 0) is 23.6 Å². The molecule has 7 nitrogen and oxygen atoms in total. The number of primary amides is 1. The van der Waals surface area contributed by atoms with Crippen molar-refractivity contribution in [1.29, 1.82) is 0 Å². The van der Waals surface area contributed by atoms with Crippen LogP contribution in [-0.2, 0) is 23.5 Å². The Labute approximate surface area is 161 Å².